The molecule has 0 atom stereocenters. The van der Waals surface area contributed by atoms with Crippen molar-refractivity contribution in [2.24, 2.45) is 0 Å². The highest BCUT2D eigenvalue weighted by Gasteiger charge is 2.33. The second kappa shape index (κ2) is 9.89. The highest BCUT2D eigenvalue weighted by molar-refractivity contribution is 8.00. The first-order valence-electron chi connectivity index (χ1n) is 8.07. The van der Waals surface area contributed by atoms with E-state index in [0.717, 1.165) is 26.0 Å². The van der Waals surface area contributed by atoms with Gasteiger partial charge in [-0.3, -0.25) is 14.9 Å². The maximum absolute atomic E-state index is 12.3. The molecule has 1 aliphatic rings. The number of thioether (sulfide) groups is 1. The van der Waals surface area contributed by atoms with Gasteiger partial charge in [0.25, 0.3) is 5.69 Å². The van der Waals surface area contributed by atoms with Crippen LogP contribution < -0.4 is 4.90 Å². The third-order valence-electron chi connectivity index (χ3n) is 3.86. The number of nitrogens with zero attached hydrogens (tertiary/aromatic N) is 2. The number of nitro groups is 1. The van der Waals surface area contributed by atoms with Gasteiger partial charge in [-0.2, -0.15) is 0 Å². The predicted octanol–water partition coefficient (Wildman–Crippen LogP) is 1.25. The van der Waals surface area contributed by atoms with Gasteiger partial charge in [0.1, 0.15) is 12.4 Å². The van der Waals surface area contributed by atoms with Crippen molar-refractivity contribution < 1.29 is 38.3 Å². The number of nitro benzene ring substituents is 1. The van der Waals surface area contributed by atoms with Crippen molar-refractivity contribution in [3.63, 3.8) is 0 Å². The molecule has 0 N–H and O–H groups in total. The summed E-state index contributed by atoms with van der Waals surface area (Å²) in [7, 11) is 3.52. The lowest BCUT2D eigenvalue weighted by molar-refractivity contribution is -0.387. The summed E-state index contributed by atoms with van der Waals surface area (Å²) in [6.07, 6.45) is 0. The van der Waals surface area contributed by atoms with E-state index in [1.54, 1.807) is 0 Å². The van der Waals surface area contributed by atoms with Crippen molar-refractivity contribution in [2.45, 2.75) is 4.90 Å². The van der Waals surface area contributed by atoms with Crippen molar-refractivity contribution in [3.8, 4) is 0 Å². The molecule has 1 heterocycles. The number of hydrogen-bond acceptors (Lipinski definition) is 11. The fourth-order valence-electron chi connectivity index (χ4n) is 2.48. The Morgan fingerprint density at radius 2 is 1.86 bits per heavy atom. The van der Waals surface area contributed by atoms with Crippen LogP contribution in [0.15, 0.2) is 34.4 Å². The molecule has 0 fully saturated rings. The van der Waals surface area contributed by atoms with Crippen molar-refractivity contribution in [3.05, 3.63) is 39.6 Å². The highest BCUT2D eigenvalue weighted by Crippen LogP contribution is 2.35. The van der Waals surface area contributed by atoms with Gasteiger partial charge in [-0.1, -0.05) is 0 Å². The molecule has 0 radical (unpaired) electrons. The molecular formula is C17H18N2O9S. The Balaban J connectivity index is 2.49. The first-order chi connectivity index (χ1) is 13.8. The molecule has 156 valence electrons. The summed E-state index contributed by atoms with van der Waals surface area (Å²) in [5, 5.41) is 11.5. The van der Waals surface area contributed by atoms with E-state index in [1.165, 1.54) is 30.2 Å². The molecule has 0 spiro atoms. The number of carbonyl (C=O) groups is 3. The largest absolute Gasteiger partial charge is 0.468 e. The molecule has 0 saturated carbocycles. The highest BCUT2D eigenvalue weighted by atomic mass is 32.2. The summed E-state index contributed by atoms with van der Waals surface area (Å²) in [5.41, 5.74) is -0.265. The molecule has 1 aromatic rings. The number of rotatable bonds is 7. The minimum Gasteiger partial charge on any atom is -0.468 e. The third-order valence-corrected chi connectivity index (χ3v) is 4.89. The number of carbonyl (C=O) groups excluding carboxylic acids is 3. The van der Waals surface area contributed by atoms with E-state index in [4.69, 9.17) is 9.47 Å². The number of methoxy groups -OCH3 is 3. The van der Waals surface area contributed by atoms with E-state index in [9.17, 15) is 24.5 Å². The lowest BCUT2D eigenvalue weighted by atomic mass is 10.1. The van der Waals surface area contributed by atoms with Crippen molar-refractivity contribution in [1.29, 1.82) is 0 Å². The molecule has 0 unspecified atom stereocenters. The zero-order chi connectivity index (χ0) is 21.6. The van der Waals surface area contributed by atoms with Crippen LogP contribution in [0.5, 0.6) is 0 Å². The Labute approximate surface area is 169 Å². The van der Waals surface area contributed by atoms with Gasteiger partial charge >= 0.3 is 17.9 Å². The maximum atomic E-state index is 12.3. The monoisotopic (exact) mass is 426 g/mol. The maximum Gasteiger partial charge on any atom is 0.355 e. The fraction of sp³-hybridized carbons (Fsp3) is 0.353. The van der Waals surface area contributed by atoms with Crippen molar-refractivity contribution in [1.82, 2.24) is 0 Å². The summed E-state index contributed by atoms with van der Waals surface area (Å²) in [5.74, 6) is -2.24. The summed E-state index contributed by atoms with van der Waals surface area (Å²) in [4.78, 5) is 48.1. The van der Waals surface area contributed by atoms with Crippen LogP contribution in [-0.4, -0.2) is 63.3 Å². The number of esters is 3. The molecule has 0 bridgehead atoms. The summed E-state index contributed by atoms with van der Waals surface area (Å²) >= 11 is 0.940. The van der Waals surface area contributed by atoms with Gasteiger partial charge in [0.05, 0.1) is 54.8 Å². The molecule has 1 aromatic carbocycles. The summed E-state index contributed by atoms with van der Waals surface area (Å²) < 4.78 is 19.3. The molecule has 0 saturated heterocycles. The number of ether oxygens (including phenoxy) is 4. The van der Waals surface area contributed by atoms with Gasteiger partial charge in [-0.25, -0.2) is 9.59 Å². The van der Waals surface area contributed by atoms with Crippen LogP contribution in [0, 0.1) is 10.1 Å². The Bertz CT molecular complexity index is 868. The van der Waals surface area contributed by atoms with Gasteiger partial charge < -0.3 is 23.8 Å². The van der Waals surface area contributed by atoms with E-state index < -0.39 is 22.8 Å². The van der Waals surface area contributed by atoms with E-state index >= 15 is 0 Å². The SMILES string of the molecule is COC(=O)CSc1ccc(N2COCC(C(=O)OC)=C2C(=O)OC)cc1[N+](=O)[O-]. The van der Waals surface area contributed by atoms with E-state index in [0.29, 0.717) is 0 Å². The predicted molar refractivity (Wildman–Crippen MR) is 100 cm³/mol. The first-order valence-corrected chi connectivity index (χ1v) is 9.05. The Hall–Kier alpha value is -3.12. The standard InChI is InChI=1S/C17H18N2O9S/c1-25-14(20)8-29-13-5-4-10(6-12(13)19(23)24)18-9-28-7-11(16(21)26-2)15(18)17(22)27-3/h4-6H,7-9H2,1-3H3. The number of anilines is 1. The van der Waals surface area contributed by atoms with E-state index in [-0.39, 0.29) is 46.6 Å². The Kier molecular flexibility index (Phi) is 7.56. The topological polar surface area (TPSA) is 135 Å². The van der Waals surface area contributed by atoms with Crippen molar-refractivity contribution in [2.75, 3.05) is 45.3 Å². The van der Waals surface area contributed by atoms with E-state index in [1.807, 2.05) is 0 Å². The lowest BCUT2D eigenvalue weighted by Crippen LogP contribution is -2.38. The van der Waals surface area contributed by atoms with Gasteiger partial charge in [-0.15, -0.1) is 11.8 Å². The quantitative estimate of drug-likeness (QED) is 0.205. The minimum atomic E-state index is -0.819. The van der Waals surface area contributed by atoms with Crippen LogP contribution in [0.1, 0.15) is 0 Å². The Morgan fingerprint density at radius 1 is 1.17 bits per heavy atom. The van der Waals surface area contributed by atoms with Crippen LogP contribution in [0.4, 0.5) is 11.4 Å². The number of benzene rings is 1. The molecule has 0 aliphatic carbocycles. The third kappa shape index (κ3) is 5.03. The van der Waals surface area contributed by atoms with Crippen LogP contribution in [0.3, 0.4) is 0 Å². The molecule has 2 rings (SSSR count). The Morgan fingerprint density at radius 3 is 2.45 bits per heavy atom. The fourth-order valence-corrected chi connectivity index (χ4v) is 3.32. The average Bonchev–Trinajstić information content (AvgIpc) is 2.75. The first kappa shape index (κ1) is 22.2. The molecule has 0 amide bonds. The molecular weight excluding hydrogens is 408 g/mol. The van der Waals surface area contributed by atoms with Crippen molar-refractivity contribution >= 4 is 41.0 Å². The normalized spacial score (nSPS) is 13.7. The average molecular weight is 426 g/mol. The zero-order valence-electron chi connectivity index (χ0n) is 15.8. The second-order valence-corrected chi connectivity index (χ2v) is 6.51. The number of hydrogen-bond donors (Lipinski definition) is 0. The van der Waals surface area contributed by atoms with Gasteiger partial charge in [0, 0.05) is 6.07 Å². The minimum absolute atomic E-state index is 0.0719. The van der Waals surface area contributed by atoms with Crippen LogP contribution in [-0.2, 0) is 33.3 Å². The zero-order valence-corrected chi connectivity index (χ0v) is 16.6. The molecule has 1 aliphatic heterocycles. The van der Waals surface area contributed by atoms with Crippen LogP contribution in [0.25, 0.3) is 0 Å². The lowest BCUT2D eigenvalue weighted by Gasteiger charge is -2.31. The molecule has 12 heteroatoms. The molecule has 29 heavy (non-hydrogen) atoms. The second-order valence-electron chi connectivity index (χ2n) is 5.49. The van der Waals surface area contributed by atoms with Gasteiger partial charge in [0.2, 0.25) is 0 Å². The summed E-state index contributed by atoms with van der Waals surface area (Å²) in [6.45, 7) is -0.320. The summed E-state index contributed by atoms with van der Waals surface area (Å²) in [6, 6.07) is 4.15. The molecule has 0 aromatic heterocycles. The van der Waals surface area contributed by atoms with Crippen LogP contribution >= 0.6 is 11.8 Å². The smallest absolute Gasteiger partial charge is 0.355 e. The molecule has 11 nitrogen and oxygen atoms in total. The van der Waals surface area contributed by atoms with Crippen LogP contribution in [0.2, 0.25) is 0 Å². The van der Waals surface area contributed by atoms with Gasteiger partial charge in [0.15, 0.2) is 0 Å². The van der Waals surface area contributed by atoms with E-state index in [2.05, 4.69) is 9.47 Å². The van der Waals surface area contributed by atoms with Gasteiger partial charge in [-0.05, 0) is 12.1 Å².